The van der Waals surface area contributed by atoms with Crippen LogP contribution < -0.4 is 10.5 Å². The number of nitrogens with zero attached hydrogens (tertiary/aromatic N) is 1. The molecule has 2 rings (SSSR count). The fourth-order valence-electron chi connectivity index (χ4n) is 1.34. The van der Waals surface area contributed by atoms with Crippen molar-refractivity contribution in [3.63, 3.8) is 0 Å². The van der Waals surface area contributed by atoms with Gasteiger partial charge in [0.2, 0.25) is 5.88 Å². The van der Waals surface area contributed by atoms with Gasteiger partial charge in [-0.05, 0) is 25.1 Å². The van der Waals surface area contributed by atoms with Gasteiger partial charge >= 0.3 is 0 Å². The van der Waals surface area contributed by atoms with E-state index in [1.54, 1.807) is 6.92 Å². The highest BCUT2D eigenvalue weighted by molar-refractivity contribution is 7.92. The predicted molar refractivity (Wildman–Crippen MR) is 62.9 cm³/mol. The number of anilines is 2. The predicted octanol–water partition coefficient (Wildman–Crippen LogP) is 1.51. The molecule has 0 aliphatic rings. The summed E-state index contributed by atoms with van der Waals surface area (Å²) in [6.07, 6.45) is 0. The Labute approximate surface area is 103 Å². The SMILES string of the molecule is Cc1cc(NS(=O)(=O)c2cc(F)ccc2N)on1. The van der Waals surface area contributed by atoms with Gasteiger partial charge in [-0.2, -0.15) is 0 Å². The lowest BCUT2D eigenvalue weighted by Crippen LogP contribution is -2.14. The number of hydrogen-bond acceptors (Lipinski definition) is 5. The topological polar surface area (TPSA) is 98.2 Å². The van der Waals surface area contributed by atoms with Crippen molar-refractivity contribution in [1.29, 1.82) is 0 Å². The van der Waals surface area contributed by atoms with Gasteiger partial charge in [-0.1, -0.05) is 5.16 Å². The van der Waals surface area contributed by atoms with Gasteiger partial charge in [-0.25, -0.2) is 17.5 Å². The number of nitrogens with one attached hydrogen (secondary N) is 1. The van der Waals surface area contributed by atoms with Crippen LogP contribution >= 0.6 is 0 Å². The Morgan fingerprint density at radius 3 is 2.72 bits per heavy atom. The van der Waals surface area contributed by atoms with E-state index in [9.17, 15) is 12.8 Å². The van der Waals surface area contributed by atoms with Gasteiger partial charge in [0.05, 0.1) is 11.4 Å². The average molecular weight is 271 g/mol. The zero-order valence-corrected chi connectivity index (χ0v) is 10.2. The van der Waals surface area contributed by atoms with Gasteiger partial charge in [-0.3, -0.25) is 0 Å². The molecule has 0 saturated carbocycles. The van der Waals surface area contributed by atoms with Crippen LogP contribution in [0, 0.1) is 12.7 Å². The summed E-state index contributed by atoms with van der Waals surface area (Å²) in [7, 11) is -4.00. The number of rotatable bonds is 3. The molecule has 3 N–H and O–H groups in total. The second kappa shape index (κ2) is 4.30. The molecule has 0 amide bonds. The van der Waals surface area contributed by atoms with Crippen molar-refractivity contribution >= 4 is 21.6 Å². The first-order valence-corrected chi connectivity index (χ1v) is 6.38. The highest BCUT2D eigenvalue weighted by Crippen LogP contribution is 2.22. The maximum atomic E-state index is 13.0. The van der Waals surface area contributed by atoms with E-state index in [0.29, 0.717) is 5.69 Å². The molecule has 0 atom stereocenters. The lowest BCUT2D eigenvalue weighted by atomic mass is 10.3. The number of benzene rings is 1. The van der Waals surface area contributed by atoms with Crippen molar-refractivity contribution in [3.8, 4) is 0 Å². The summed E-state index contributed by atoms with van der Waals surface area (Å²) in [5.74, 6) is -0.755. The van der Waals surface area contributed by atoms with Crippen molar-refractivity contribution < 1.29 is 17.3 Å². The molecule has 8 heteroatoms. The fraction of sp³-hybridized carbons (Fsp3) is 0.100. The minimum Gasteiger partial charge on any atom is -0.398 e. The molecular formula is C10H10FN3O3S. The maximum Gasteiger partial charge on any atom is 0.266 e. The molecule has 0 radical (unpaired) electrons. The monoisotopic (exact) mass is 271 g/mol. The van der Waals surface area contributed by atoms with Crippen LogP contribution in [0.25, 0.3) is 0 Å². The van der Waals surface area contributed by atoms with Crippen LogP contribution in [0.3, 0.4) is 0 Å². The zero-order chi connectivity index (χ0) is 13.3. The summed E-state index contributed by atoms with van der Waals surface area (Å²) in [6, 6.07) is 4.48. The Morgan fingerprint density at radius 2 is 2.11 bits per heavy atom. The molecule has 1 aromatic heterocycles. The van der Waals surface area contributed by atoms with Crippen LogP contribution in [0.1, 0.15) is 5.69 Å². The summed E-state index contributed by atoms with van der Waals surface area (Å²) in [5.41, 5.74) is 5.96. The standard InChI is InChI=1S/C10H10FN3O3S/c1-6-4-10(17-13-6)14-18(15,16)9-5-7(11)2-3-8(9)12/h2-5,14H,12H2,1H3. The zero-order valence-electron chi connectivity index (χ0n) is 9.34. The van der Waals surface area contributed by atoms with Crippen molar-refractivity contribution in [2.75, 3.05) is 10.5 Å². The van der Waals surface area contributed by atoms with Gasteiger partial charge in [0.25, 0.3) is 10.0 Å². The average Bonchev–Trinajstić information content (AvgIpc) is 2.66. The number of halogens is 1. The second-order valence-electron chi connectivity index (χ2n) is 3.62. The number of hydrogen-bond donors (Lipinski definition) is 2. The van der Waals surface area contributed by atoms with Crippen molar-refractivity contribution in [2.45, 2.75) is 11.8 Å². The highest BCUT2D eigenvalue weighted by atomic mass is 32.2. The van der Waals surface area contributed by atoms with Crippen LogP contribution in [0.4, 0.5) is 16.0 Å². The number of nitrogens with two attached hydrogens (primary N) is 1. The van der Waals surface area contributed by atoms with E-state index in [2.05, 4.69) is 9.88 Å². The lowest BCUT2D eigenvalue weighted by Gasteiger charge is -2.07. The third kappa shape index (κ3) is 2.43. The van der Waals surface area contributed by atoms with Crippen molar-refractivity contribution in [1.82, 2.24) is 5.16 Å². The molecular weight excluding hydrogens is 261 g/mol. The van der Waals surface area contributed by atoms with Gasteiger partial charge in [0.15, 0.2) is 0 Å². The largest absolute Gasteiger partial charge is 0.398 e. The summed E-state index contributed by atoms with van der Waals surface area (Å²) >= 11 is 0. The van der Waals surface area contributed by atoms with Crippen LogP contribution in [0.15, 0.2) is 33.7 Å². The van der Waals surface area contributed by atoms with Crippen LogP contribution in [0.2, 0.25) is 0 Å². The minimum absolute atomic E-state index is 0.0554. The molecule has 2 aromatic rings. The Bertz CT molecular complexity index is 681. The lowest BCUT2D eigenvalue weighted by molar-refractivity contribution is 0.430. The Balaban J connectivity index is 2.39. The molecule has 0 aliphatic carbocycles. The molecule has 1 aromatic carbocycles. The smallest absolute Gasteiger partial charge is 0.266 e. The van der Waals surface area contributed by atoms with Gasteiger partial charge < -0.3 is 10.3 Å². The van der Waals surface area contributed by atoms with E-state index in [0.717, 1.165) is 12.1 Å². The van der Waals surface area contributed by atoms with Gasteiger partial charge in [-0.15, -0.1) is 0 Å². The van der Waals surface area contributed by atoms with E-state index in [-0.39, 0.29) is 16.5 Å². The molecule has 96 valence electrons. The number of aryl methyl sites for hydroxylation is 1. The van der Waals surface area contributed by atoms with Gasteiger partial charge in [0, 0.05) is 6.07 Å². The summed E-state index contributed by atoms with van der Waals surface area (Å²) in [6.45, 7) is 1.64. The number of nitrogen functional groups attached to an aromatic ring is 1. The van der Waals surface area contributed by atoms with E-state index in [4.69, 9.17) is 10.3 Å². The Morgan fingerprint density at radius 1 is 1.39 bits per heavy atom. The molecule has 0 saturated heterocycles. The summed E-state index contributed by atoms with van der Waals surface area (Å²) < 4.78 is 43.8. The van der Waals surface area contributed by atoms with E-state index in [1.165, 1.54) is 12.1 Å². The number of sulfonamides is 1. The normalized spacial score (nSPS) is 11.4. The maximum absolute atomic E-state index is 13.0. The number of aromatic nitrogens is 1. The minimum atomic E-state index is -4.00. The highest BCUT2D eigenvalue weighted by Gasteiger charge is 2.20. The quantitative estimate of drug-likeness (QED) is 0.824. The van der Waals surface area contributed by atoms with Crippen LogP contribution in [0.5, 0.6) is 0 Å². The first-order valence-electron chi connectivity index (χ1n) is 4.89. The first kappa shape index (κ1) is 12.4. The molecule has 0 fully saturated rings. The third-order valence-corrected chi connectivity index (χ3v) is 3.53. The molecule has 6 nitrogen and oxygen atoms in total. The van der Waals surface area contributed by atoms with E-state index < -0.39 is 15.8 Å². The fourth-order valence-corrected chi connectivity index (χ4v) is 2.46. The molecule has 0 aliphatic heterocycles. The Kier molecular flexibility index (Phi) is 2.95. The first-order chi connectivity index (χ1) is 8.38. The molecule has 0 unspecified atom stereocenters. The van der Waals surface area contributed by atoms with E-state index >= 15 is 0 Å². The molecule has 1 heterocycles. The van der Waals surface area contributed by atoms with Crippen LogP contribution in [-0.4, -0.2) is 13.6 Å². The van der Waals surface area contributed by atoms with Gasteiger partial charge in [0.1, 0.15) is 10.7 Å². The van der Waals surface area contributed by atoms with Crippen molar-refractivity contribution in [3.05, 3.63) is 35.8 Å². The second-order valence-corrected chi connectivity index (χ2v) is 5.27. The summed E-state index contributed by atoms with van der Waals surface area (Å²) in [4.78, 5) is -0.350. The van der Waals surface area contributed by atoms with Crippen molar-refractivity contribution in [2.24, 2.45) is 0 Å². The Hall–Kier alpha value is -2.09. The molecule has 0 spiro atoms. The molecule has 18 heavy (non-hydrogen) atoms. The van der Waals surface area contributed by atoms with E-state index in [1.807, 2.05) is 0 Å². The third-order valence-electron chi connectivity index (χ3n) is 2.13. The van der Waals surface area contributed by atoms with Crippen LogP contribution in [-0.2, 0) is 10.0 Å². The molecule has 0 bridgehead atoms. The summed E-state index contributed by atoms with van der Waals surface area (Å²) in [5, 5.41) is 3.53.